The number of carbonyl (C=O) groups excluding carboxylic acids is 1. The highest BCUT2D eigenvalue weighted by Gasteiger charge is 2.11. The third kappa shape index (κ3) is 2.52. The molecule has 2 heterocycles. The van der Waals surface area contributed by atoms with Gasteiger partial charge in [0.1, 0.15) is 0 Å². The Kier molecular flexibility index (Phi) is 3.22. The second kappa shape index (κ2) is 4.99. The number of nitrogens with one attached hydrogen (secondary N) is 2. The van der Waals surface area contributed by atoms with Crippen LogP contribution in [0.5, 0.6) is 0 Å². The van der Waals surface area contributed by atoms with E-state index in [0.29, 0.717) is 17.1 Å². The fourth-order valence-electron chi connectivity index (χ4n) is 1.26. The number of nitrogens with two attached hydrogens (primary N) is 1. The molecular formula is C10H10N6O. The van der Waals surface area contributed by atoms with Crippen LogP contribution in [0.4, 0.5) is 11.5 Å². The van der Waals surface area contributed by atoms with Crippen molar-refractivity contribution in [2.75, 3.05) is 10.7 Å². The van der Waals surface area contributed by atoms with E-state index >= 15 is 0 Å². The van der Waals surface area contributed by atoms with Gasteiger partial charge in [-0.1, -0.05) is 0 Å². The van der Waals surface area contributed by atoms with Crippen molar-refractivity contribution in [2.45, 2.75) is 0 Å². The molecule has 0 aliphatic heterocycles. The Morgan fingerprint density at radius 3 is 2.88 bits per heavy atom. The summed E-state index contributed by atoms with van der Waals surface area (Å²) in [6, 6.07) is 4.87. The molecule has 7 heteroatoms. The van der Waals surface area contributed by atoms with Crippen LogP contribution in [-0.2, 0) is 0 Å². The number of hydrazine groups is 1. The Balaban J connectivity index is 2.20. The minimum atomic E-state index is -0.333. The molecule has 0 bridgehead atoms. The van der Waals surface area contributed by atoms with Gasteiger partial charge in [0.05, 0.1) is 17.4 Å². The lowest BCUT2D eigenvalue weighted by atomic mass is 10.2. The molecule has 17 heavy (non-hydrogen) atoms. The average Bonchev–Trinajstić information content (AvgIpc) is 2.40. The SMILES string of the molecule is NNc1cnccc1C(=O)Nc1cccnn1. The molecule has 2 aromatic rings. The summed E-state index contributed by atoms with van der Waals surface area (Å²) >= 11 is 0. The Hall–Kier alpha value is -2.54. The fourth-order valence-corrected chi connectivity index (χ4v) is 1.26. The molecule has 0 atom stereocenters. The van der Waals surface area contributed by atoms with Gasteiger partial charge in [0, 0.05) is 12.4 Å². The highest BCUT2D eigenvalue weighted by atomic mass is 16.1. The topological polar surface area (TPSA) is 106 Å². The van der Waals surface area contributed by atoms with Crippen molar-refractivity contribution >= 4 is 17.4 Å². The fraction of sp³-hybridized carbons (Fsp3) is 0. The van der Waals surface area contributed by atoms with Crippen molar-refractivity contribution in [1.82, 2.24) is 15.2 Å². The van der Waals surface area contributed by atoms with Crippen LogP contribution in [0.25, 0.3) is 0 Å². The number of hydrogen-bond donors (Lipinski definition) is 3. The lowest BCUT2D eigenvalue weighted by Crippen LogP contribution is -2.18. The maximum absolute atomic E-state index is 11.9. The van der Waals surface area contributed by atoms with E-state index in [0.717, 1.165) is 0 Å². The van der Waals surface area contributed by atoms with Gasteiger partial charge in [-0.15, -0.1) is 5.10 Å². The third-order valence-corrected chi connectivity index (χ3v) is 2.04. The van der Waals surface area contributed by atoms with Crippen LogP contribution >= 0.6 is 0 Å². The quantitative estimate of drug-likeness (QED) is 0.521. The predicted molar refractivity (Wildman–Crippen MR) is 62.0 cm³/mol. The van der Waals surface area contributed by atoms with E-state index in [1.54, 1.807) is 18.2 Å². The van der Waals surface area contributed by atoms with Crippen LogP contribution < -0.4 is 16.6 Å². The minimum Gasteiger partial charge on any atom is -0.322 e. The van der Waals surface area contributed by atoms with Crippen LogP contribution in [0, 0.1) is 0 Å². The van der Waals surface area contributed by atoms with Gasteiger partial charge < -0.3 is 10.7 Å². The van der Waals surface area contributed by atoms with Crippen molar-refractivity contribution in [3.8, 4) is 0 Å². The van der Waals surface area contributed by atoms with Gasteiger partial charge in [-0.05, 0) is 18.2 Å². The number of amides is 1. The summed E-state index contributed by atoms with van der Waals surface area (Å²) in [5.41, 5.74) is 3.22. The molecule has 0 aliphatic rings. The number of pyridine rings is 1. The van der Waals surface area contributed by atoms with E-state index in [1.807, 2.05) is 0 Å². The number of anilines is 2. The number of rotatable bonds is 3. The summed E-state index contributed by atoms with van der Waals surface area (Å²) in [6.45, 7) is 0. The first kappa shape index (κ1) is 11.0. The van der Waals surface area contributed by atoms with Gasteiger partial charge in [-0.25, -0.2) is 0 Å². The number of hydrogen-bond acceptors (Lipinski definition) is 6. The molecule has 0 fully saturated rings. The van der Waals surface area contributed by atoms with Crippen LogP contribution in [0.15, 0.2) is 36.8 Å². The van der Waals surface area contributed by atoms with Crippen molar-refractivity contribution < 1.29 is 4.79 Å². The highest BCUT2D eigenvalue weighted by Crippen LogP contribution is 2.13. The average molecular weight is 230 g/mol. The molecule has 0 spiro atoms. The van der Waals surface area contributed by atoms with E-state index < -0.39 is 0 Å². The third-order valence-electron chi connectivity index (χ3n) is 2.04. The standard InChI is InChI=1S/C10H10N6O/c11-15-8-6-12-5-3-7(8)10(17)14-9-2-1-4-13-16-9/h1-6,15H,11H2,(H,14,16,17). The summed E-state index contributed by atoms with van der Waals surface area (Å²) in [6.07, 6.45) is 4.49. The number of aromatic nitrogens is 3. The normalized spacial score (nSPS) is 9.71. The molecule has 0 saturated heterocycles. The van der Waals surface area contributed by atoms with Crippen molar-refractivity contribution in [3.05, 3.63) is 42.4 Å². The first-order valence-electron chi connectivity index (χ1n) is 4.81. The second-order valence-corrected chi connectivity index (χ2v) is 3.13. The molecule has 0 aromatic carbocycles. The summed E-state index contributed by atoms with van der Waals surface area (Å²) in [5, 5.41) is 10.0. The Morgan fingerprint density at radius 1 is 1.29 bits per heavy atom. The lowest BCUT2D eigenvalue weighted by molar-refractivity contribution is 0.102. The summed E-state index contributed by atoms with van der Waals surface area (Å²) < 4.78 is 0. The minimum absolute atomic E-state index is 0.333. The zero-order valence-electron chi connectivity index (χ0n) is 8.79. The second-order valence-electron chi connectivity index (χ2n) is 3.13. The molecule has 0 saturated carbocycles. The van der Waals surface area contributed by atoms with Gasteiger partial charge in [-0.2, -0.15) is 5.10 Å². The number of nitrogen functional groups attached to an aromatic ring is 1. The summed E-state index contributed by atoms with van der Waals surface area (Å²) in [5.74, 6) is 5.32. The van der Waals surface area contributed by atoms with Crippen LogP contribution in [0.1, 0.15) is 10.4 Å². The largest absolute Gasteiger partial charge is 0.322 e. The summed E-state index contributed by atoms with van der Waals surface area (Å²) in [7, 11) is 0. The number of carbonyl (C=O) groups is 1. The van der Waals surface area contributed by atoms with E-state index in [9.17, 15) is 4.79 Å². The maximum Gasteiger partial charge on any atom is 0.259 e. The van der Waals surface area contributed by atoms with Crippen LogP contribution in [-0.4, -0.2) is 21.1 Å². The molecule has 7 nitrogen and oxygen atoms in total. The zero-order valence-corrected chi connectivity index (χ0v) is 8.79. The highest BCUT2D eigenvalue weighted by molar-refractivity contribution is 6.07. The maximum atomic E-state index is 11.9. The molecule has 2 aromatic heterocycles. The van der Waals surface area contributed by atoms with Crippen molar-refractivity contribution in [1.29, 1.82) is 0 Å². The molecule has 4 N–H and O–H groups in total. The zero-order chi connectivity index (χ0) is 12.1. The predicted octanol–water partition coefficient (Wildman–Crippen LogP) is 0.409. The monoisotopic (exact) mass is 230 g/mol. The van der Waals surface area contributed by atoms with Crippen molar-refractivity contribution in [2.24, 2.45) is 5.84 Å². The van der Waals surface area contributed by atoms with Crippen molar-refractivity contribution in [3.63, 3.8) is 0 Å². The molecule has 2 rings (SSSR count). The van der Waals surface area contributed by atoms with E-state index in [-0.39, 0.29) is 5.91 Å². The van der Waals surface area contributed by atoms with Crippen LogP contribution in [0.2, 0.25) is 0 Å². The molecule has 0 radical (unpaired) electrons. The van der Waals surface area contributed by atoms with Crippen LogP contribution in [0.3, 0.4) is 0 Å². The lowest BCUT2D eigenvalue weighted by Gasteiger charge is -2.07. The number of nitrogens with zero attached hydrogens (tertiary/aromatic N) is 3. The van der Waals surface area contributed by atoms with Gasteiger partial charge in [0.15, 0.2) is 5.82 Å². The van der Waals surface area contributed by atoms with Gasteiger partial charge in [0.2, 0.25) is 0 Å². The Morgan fingerprint density at radius 2 is 2.18 bits per heavy atom. The van der Waals surface area contributed by atoms with E-state index in [4.69, 9.17) is 5.84 Å². The first-order valence-corrected chi connectivity index (χ1v) is 4.81. The molecule has 1 amide bonds. The first-order chi connectivity index (χ1) is 8.31. The smallest absolute Gasteiger partial charge is 0.259 e. The van der Waals surface area contributed by atoms with Gasteiger partial charge >= 0.3 is 0 Å². The van der Waals surface area contributed by atoms with Gasteiger partial charge in [-0.3, -0.25) is 15.6 Å². The van der Waals surface area contributed by atoms with Gasteiger partial charge in [0.25, 0.3) is 5.91 Å². The molecule has 86 valence electrons. The summed E-state index contributed by atoms with van der Waals surface area (Å²) in [4.78, 5) is 15.7. The molecular weight excluding hydrogens is 220 g/mol. The Bertz CT molecular complexity index is 515. The Labute approximate surface area is 97.1 Å². The van der Waals surface area contributed by atoms with E-state index in [1.165, 1.54) is 18.6 Å². The molecule has 0 unspecified atom stereocenters. The van der Waals surface area contributed by atoms with E-state index in [2.05, 4.69) is 25.9 Å². The molecule has 0 aliphatic carbocycles.